The van der Waals surface area contributed by atoms with Crippen molar-refractivity contribution < 1.29 is 14.6 Å². The molecular weight excluding hydrogens is 350 g/mol. The lowest BCUT2D eigenvalue weighted by atomic mass is 9.90. The second kappa shape index (κ2) is 9.72. The highest BCUT2D eigenvalue weighted by atomic mass is 16.5. The minimum Gasteiger partial charge on any atom is -0.491 e. The molecule has 1 unspecified atom stereocenters. The van der Waals surface area contributed by atoms with E-state index in [0.717, 1.165) is 22.4 Å². The molecule has 3 rings (SSSR count). The number of aliphatic hydroxyl groups is 1. The molecule has 0 aliphatic heterocycles. The number of hydrogen-bond acceptors (Lipinski definition) is 3. The van der Waals surface area contributed by atoms with E-state index in [-0.39, 0.29) is 19.1 Å². The Balaban J connectivity index is 1.61. The maximum absolute atomic E-state index is 12.9. The van der Waals surface area contributed by atoms with Gasteiger partial charge in [0.25, 0.3) is 0 Å². The maximum atomic E-state index is 12.9. The number of aliphatic hydroxyl groups excluding tert-OH is 1. The summed E-state index contributed by atoms with van der Waals surface area (Å²) >= 11 is 0. The molecule has 28 heavy (non-hydrogen) atoms. The van der Waals surface area contributed by atoms with Crippen LogP contribution >= 0.6 is 0 Å². The summed E-state index contributed by atoms with van der Waals surface area (Å²) in [5.41, 5.74) is 2.83. The Morgan fingerprint density at radius 1 is 0.893 bits per heavy atom. The van der Waals surface area contributed by atoms with Crippen LogP contribution in [-0.4, -0.2) is 30.3 Å². The van der Waals surface area contributed by atoms with Crippen LogP contribution in [-0.2, 0) is 4.79 Å². The normalized spacial score (nSPS) is 11.8. The second-order valence-corrected chi connectivity index (χ2v) is 6.73. The van der Waals surface area contributed by atoms with Gasteiger partial charge >= 0.3 is 0 Å². The van der Waals surface area contributed by atoms with Crippen LogP contribution in [0.5, 0.6) is 5.75 Å². The zero-order chi connectivity index (χ0) is 19.8. The Morgan fingerprint density at radius 2 is 1.43 bits per heavy atom. The first-order chi connectivity index (χ1) is 13.6. The summed E-state index contributed by atoms with van der Waals surface area (Å²) < 4.78 is 5.66. The van der Waals surface area contributed by atoms with Gasteiger partial charge in [0, 0.05) is 6.54 Å². The Morgan fingerprint density at radius 3 is 2.00 bits per heavy atom. The second-order valence-electron chi connectivity index (χ2n) is 6.73. The van der Waals surface area contributed by atoms with E-state index >= 15 is 0 Å². The number of benzene rings is 3. The number of rotatable bonds is 8. The molecule has 0 fully saturated rings. The van der Waals surface area contributed by atoms with Crippen LogP contribution in [0.2, 0.25) is 0 Å². The number of para-hydroxylation sites is 1. The first kappa shape index (κ1) is 19.6. The quantitative estimate of drug-likeness (QED) is 0.631. The van der Waals surface area contributed by atoms with E-state index in [1.165, 1.54) is 0 Å². The number of carbonyl (C=O) groups excluding carboxylic acids is 1. The van der Waals surface area contributed by atoms with Gasteiger partial charge in [-0.2, -0.15) is 0 Å². The van der Waals surface area contributed by atoms with Crippen molar-refractivity contribution in [1.29, 1.82) is 0 Å². The van der Waals surface area contributed by atoms with Crippen LogP contribution < -0.4 is 10.1 Å². The smallest absolute Gasteiger partial charge is 0.232 e. The molecule has 3 aromatic rings. The largest absolute Gasteiger partial charge is 0.491 e. The van der Waals surface area contributed by atoms with Gasteiger partial charge in [0.15, 0.2) is 0 Å². The summed E-state index contributed by atoms with van der Waals surface area (Å²) in [5.74, 6) is 0.165. The van der Waals surface area contributed by atoms with Gasteiger partial charge in [0.05, 0.1) is 5.92 Å². The lowest BCUT2D eigenvalue weighted by Crippen LogP contribution is -2.38. The van der Waals surface area contributed by atoms with Crippen molar-refractivity contribution >= 4 is 5.91 Å². The molecule has 0 aliphatic rings. The first-order valence-electron chi connectivity index (χ1n) is 9.39. The van der Waals surface area contributed by atoms with E-state index in [0.29, 0.717) is 0 Å². The van der Waals surface area contributed by atoms with Crippen molar-refractivity contribution in [1.82, 2.24) is 5.32 Å². The van der Waals surface area contributed by atoms with Crippen molar-refractivity contribution in [2.24, 2.45) is 0 Å². The van der Waals surface area contributed by atoms with E-state index < -0.39 is 12.0 Å². The number of carbonyl (C=O) groups is 1. The molecule has 0 aromatic heterocycles. The molecule has 144 valence electrons. The Kier molecular flexibility index (Phi) is 6.82. The molecule has 0 bridgehead atoms. The summed E-state index contributed by atoms with van der Waals surface area (Å²) in [6.45, 7) is 2.20. The zero-order valence-corrected chi connectivity index (χ0v) is 15.9. The van der Waals surface area contributed by atoms with Crippen LogP contribution in [0.3, 0.4) is 0 Å². The van der Waals surface area contributed by atoms with Gasteiger partial charge in [-0.3, -0.25) is 4.79 Å². The molecule has 0 heterocycles. The number of nitrogens with one attached hydrogen (secondary N) is 1. The molecule has 4 nitrogen and oxygen atoms in total. The van der Waals surface area contributed by atoms with Gasteiger partial charge in [-0.25, -0.2) is 0 Å². The SMILES string of the molecule is Cc1ccccc1OCC(O)CNC(=O)C(c1ccccc1)c1ccccc1. The van der Waals surface area contributed by atoms with Gasteiger partial charge in [-0.1, -0.05) is 78.9 Å². The average Bonchev–Trinajstić information content (AvgIpc) is 2.73. The van der Waals surface area contributed by atoms with E-state index in [4.69, 9.17) is 4.74 Å². The summed E-state index contributed by atoms with van der Waals surface area (Å²) in [7, 11) is 0. The third-order valence-electron chi connectivity index (χ3n) is 4.56. The summed E-state index contributed by atoms with van der Waals surface area (Å²) in [6, 6.07) is 26.9. The lowest BCUT2D eigenvalue weighted by Gasteiger charge is -2.20. The molecule has 0 aliphatic carbocycles. The fraction of sp³-hybridized carbons (Fsp3) is 0.208. The molecule has 1 atom stereocenters. The van der Waals surface area contributed by atoms with Crippen molar-refractivity contribution in [3.8, 4) is 5.75 Å². The predicted octanol–water partition coefficient (Wildman–Crippen LogP) is 3.68. The monoisotopic (exact) mass is 375 g/mol. The Bertz CT molecular complexity index is 841. The fourth-order valence-corrected chi connectivity index (χ4v) is 3.07. The highest BCUT2D eigenvalue weighted by molar-refractivity contribution is 5.87. The third-order valence-corrected chi connectivity index (χ3v) is 4.56. The molecule has 3 aromatic carbocycles. The van der Waals surface area contributed by atoms with Gasteiger partial charge in [0.2, 0.25) is 5.91 Å². The summed E-state index contributed by atoms with van der Waals surface area (Å²) in [4.78, 5) is 12.9. The minimum absolute atomic E-state index is 0.118. The Hall–Kier alpha value is -3.11. The predicted molar refractivity (Wildman–Crippen MR) is 110 cm³/mol. The highest BCUT2D eigenvalue weighted by Crippen LogP contribution is 2.24. The molecule has 0 saturated heterocycles. The van der Waals surface area contributed by atoms with Gasteiger partial charge < -0.3 is 15.2 Å². The van der Waals surface area contributed by atoms with Crippen molar-refractivity contribution in [2.75, 3.05) is 13.2 Å². The van der Waals surface area contributed by atoms with Gasteiger partial charge in [-0.15, -0.1) is 0 Å². The number of amides is 1. The van der Waals surface area contributed by atoms with Gasteiger partial charge in [-0.05, 0) is 29.7 Å². The molecule has 4 heteroatoms. The van der Waals surface area contributed by atoms with Crippen molar-refractivity contribution in [2.45, 2.75) is 18.9 Å². The van der Waals surface area contributed by atoms with Gasteiger partial charge in [0.1, 0.15) is 18.5 Å². The molecule has 2 N–H and O–H groups in total. The average molecular weight is 375 g/mol. The van der Waals surface area contributed by atoms with E-state index in [1.807, 2.05) is 91.9 Å². The molecule has 0 radical (unpaired) electrons. The molecular formula is C24H25NO3. The number of aryl methyl sites for hydroxylation is 1. The molecule has 0 saturated carbocycles. The third kappa shape index (κ3) is 5.21. The standard InChI is InChI=1S/C24H25NO3/c1-18-10-8-9-15-22(18)28-17-21(26)16-25-24(27)23(19-11-4-2-5-12-19)20-13-6-3-7-14-20/h2-15,21,23,26H,16-17H2,1H3,(H,25,27). The lowest BCUT2D eigenvalue weighted by molar-refractivity contribution is -0.122. The summed E-state index contributed by atoms with van der Waals surface area (Å²) in [5, 5.41) is 13.1. The maximum Gasteiger partial charge on any atom is 0.232 e. The molecule has 0 spiro atoms. The van der Waals surface area contributed by atoms with Crippen LogP contribution in [0.1, 0.15) is 22.6 Å². The Labute approximate surface area is 165 Å². The van der Waals surface area contributed by atoms with Crippen molar-refractivity contribution in [3.05, 3.63) is 102 Å². The fourth-order valence-electron chi connectivity index (χ4n) is 3.07. The number of ether oxygens (including phenoxy) is 1. The minimum atomic E-state index is -0.796. The van der Waals surface area contributed by atoms with Crippen LogP contribution in [0.25, 0.3) is 0 Å². The van der Waals surface area contributed by atoms with Crippen LogP contribution in [0, 0.1) is 6.92 Å². The van der Waals surface area contributed by atoms with Crippen LogP contribution in [0.15, 0.2) is 84.9 Å². The zero-order valence-electron chi connectivity index (χ0n) is 15.9. The van der Waals surface area contributed by atoms with Crippen molar-refractivity contribution in [3.63, 3.8) is 0 Å². The molecule has 1 amide bonds. The topological polar surface area (TPSA) is 58.6 Å². The highest BCUT2D eigenvalue weighted by Gasteiger charge is 2.23. The first-order valence-corrected chi connectivity index (χ1v) is 9.39. The van der Waals surface area contributed by atoms with Crippen LogP contribution in [0.4, 0.5) is 0 Å². The van der Waals surface area contributed by atoms with E-state index in [1.54, 1.807) is 0 Å². The van der Waals surface area contributed by atoms with E-state index in [2.05, 4.69) is 5.32 Å². The summed E-state index contributed by atoms with van der Waals surface area (Å²) in [6.07, 6.45) is -0.796. The number of hydrogen-bond donors (Lipinski definition) is 2. The van der Waals surface area contributed by atoms with E-state index in [9.17, 15) is 9.90 Å².